The van der Waals surface area contributed by atoms with Crippen LogP contribution in [0.3, 0.4) is 0 Å². The van der Waals surface area contributed by atoms with Crippen LogP contribution in [0.2, 0.25) is 0 Å². The van der Waals surface area contributed by atoms with E-state index in [1.807, 2.05) is 0 Å². The molecule has 1 N–H and O–H groups in total. The molecule has 1 heterocycles. The van der Waals surface area contributed by atoms with Crippen LogP contribution in [0.1, 0.15) is 12.5 Å². The van der Waals surface area contributed by atoms with E-state index in [9.17, 15) is 14.9 Å². The molecule has 1 aliphatic heterocycles. The van der Waals surface area contributed by atoms with Crippen molar-refractivity contribution in [1.82, 2.24) is 10.2 Å². The standard InChI is InChI=1S/C15H21N3O4/c1-12(17-6-8-22-9-7-17)11-16-15(19)10-13-2-4-14(5-3-13)18(20)21/h2-5,12H,6-11H2,1H3,(H,16,19)/t12-/m1/s1. The van der Waals surface area contributed by atoms with E-state index in [4.69, 9.17) is 4.74 Å². The molecule has 22 heavy (non-hydrogen) atoms. The summed E-state index contributed by atoms with van der Waals surface area (Å²) in [5.74, 6) is -0.0750. The summed E-state index contributed by atoms with van der Waals surface area (Å²) in [6.45, 7) is 5.92. The number of nitro groups is 1. The normalized spacial score (nSPS) is 17.0. The van der Waals surface area contributed by atoms with E-state index < -0.39 is 4.92 Å². The maximum Gasteiger partial charge on any atom is 0.269 e. The second-order valence-corrected chi connectivity index (χ2v) is 5.40. The number of hydrogen-bond acceptors (Lipinski definition) is 5. The minimum Gasteiger partial charge on any atom is -0.379 e. The van der Waals surface area contributed by atoms with Gasteiger partial charge in [0, 0.05) is 37.8 Å². The summed E-state index contributed by atoms with van der Waals surface area (Å²) < 4.78 is 5.30. The Hall–Kier alpha value is -1.99. The number of benzene rings is 1. The monoisotopic (exact) mass is 307 g/mol. The van der Waals surface area contributed by atoms with Gasteiger partial charge in [-0.15, -0.1) is 0 Å². The van der Waals surface area contributed by atoms with E-state index in [1.165, 1.54) is 12.1 Å². The van der Waals surface area contributed by atoms with E-state index in [0.717, 1.165) is 31.9 Å². The largest absolute Gasteiger partial charge is 0.379 e. The molecule has 1 saturated heterocycles. The van der Waals surface area contributed by atoms with Crippen molar-refractivity contribution < 1.29 is 14.5 Å². The molecule has 1 aromatic carbocycles. The summed E-state index contributed by atoms with van der Waals surface area (Å²) in [6.07, 6.45) is 0.230. The number of non-ortho nitro benzene ring substituents is 1. The molecule has 120 valence electrons. The third-order valence-corrected chi connectivity index (χ3v) is 3.78. The number of carbonyl (C=O) groups excluding carboxylic acids is 1. The Balaban J connectivity index is 1.76. The topological polar surface area (TPSA) is 84.7 Å². The van der Waals surface area contributed by atoms with E-state index >= 15 is 0 Å². The van der Waals surface area contributed by atoms with Crippen LogP contribution in [0.15, 0.2) is 24.3 Å². The lowest BCUT2D eigenvalue weighted by atomic mass is 10.1. The highest BCUT2D eigenvalue weighted by Gasteiger charge is 2.17. The molecule has 1 fully saturated rings. The minimum absolute atomic E-state index is 0.0325. The van der Waals surface area contributed by atoms with E-state index in [-0.39, 0.29) is 24.1 Å². The zero-order valence-corrected chi connectivity index (χ0v) is 12.7. The van der Waals surface area contributed by atoms with Gasteiger partial charge in [0.1, 0.15) is 0 Å². The van der Waals surface area contributed by atoms with Crippen LogP contribution in [0, 0.1) is 10.1 Å². The molecule has 1 aliphatic rings. The fourth-order valence-corrected chi connectivity index (χ4v) is 2.39. The van der Waals surface area contributed by atoms with Gasteiger partial charge in [-0.1, -0.05) is 12.1 Å². The Morgan fingerprint density at radius 3 is 2.59 bits per heavy atom. The van der Waals surface area contributed by atoms with Gasteiger partial charge in [-0.25, -0.2) is 0 Å². The molecule has 7 nitrogen and oxygen atoms in total. The predicted molar refractivity (Wildman–Crippen MR) is 81.7 cm³/mol. The average Bonchev–Trinajstić information content (AvgIpc) is 2.54. The summed E-state index contributed by atoms with van der Waals surface area (Å²) in [5, 5.41) is 13.5. The zero-order chi connectivity index (χ0) is 15.9. The zero-order valence-electron chi connectivity index (χ0n) is 12.7. The Bertz CT molecular complexity index is 512. The third-order valence-electron chi connectivity index (χ3n) is 3.78. The van der Waals surface area contributed by atoms with Crippen molar-refractivity contribution in [3.63, 3.8) is 0 Å². The molecule has 0 aliphatic carbocycles. The maximum absolute atomic E-state index is 11.9. The van der Waals surface area contributed by atoms with Crippen LogP contribution in [0.25, 0.3) is 0 Å². The molecule has 0 aromatic heterocycles. The molecular formula is C15H21N3O4. The number of hydrogen-bond donors (Lipinski definition) is 1. The first-order valence-electron chi connectivity index (χ1n) is 7.38. The average molecular weight is 307 g/mol. The van der Waals surface area contributed by atoms with Crippen LogP contribution in [-0.4, -0.2) is 54.6 Å². The highest BCUT2D eigenvalue weighted by Crippen LogP contribution is 2.12. The number of rotatable bonds is 6. The van der Waals surface area contributed by atoms with E-state index in [2.05, 4.69) is 17.1 Å². The van der Waals surface area contributed by atoms with E-state index in [0.29, 0.717) is 6.54 Å². The van der Waals surface area contributed by atoms with Gasteiger partial charge in [0.2, 0.25) is 5.91 Å². The third kappa shape index (κ3) is 4.78. The first-order chi connectivity index (χ1) is 10.6. The molecule has 0 saturated carbocycles. The smallest absolute Gasteiger partial charge is 0.269 e. The molecule has 2 rings (SSSR count). The molecule has 0 radical (unpaired) electrons. The van der Waals surface area contributed by atoms with Crippen molar-refractivity contribution in [2.45, 2.75) is 19.4 Å². The summed E-state index contributed by atoms with van der Waals surface area (Å²) in [7, 11) is 0. The minimum atomic E-state index is -0.451. The number of morpholine rings is 1. The van der Waals surface area contributed by atoms with Crippen molar-refractivity contribution in [3.05, 3.63) is 39.9 Å². The van der Waals surface area contributed by atoms with Crippen molar-refractivity contribution in [2.24, 2.45) is 0 Å². The van der Waals surface area contributed by atoms with Crippen LogP contribution in [0.5, 0.6) is 0 Å². The lowest BCUT2D eigenvalue weighted by Crippen LogP contribution is -2.47. The summed E-state index contributed by atoms with van der Waals surface area (Å²) in [5.41, 5.74) is 0.798. The summed E-state index contributed by atoms with van der Waals surface area (Å²) in [4.78, 5) is 24.3. The van der Waals surface area contributed by atoms with Gasteiger partial charge in [-0.05, 0) is 12.5 Å². The second-order valence-electron chi connectivity index (χ2n) is 5.40. The maximum atomic E-state index is 11.9. The quantitative estimate of drug-likeness (QED) is 0.625. The molecule has 7 heteroatoms. The lowest BCUT2D eigenvalue weighted by molar-refractivity contribution is -0.384. The van der Waals surface area contributed by atoms with Crippen molar-refractivity contribution in [2.75, 3.05) is 32.8 Å². The Morgan fingerprint density at radius 1 is 1.36 bits per heavy atom. The molecule has 1 aromatic rings. The van der Waals surface area contributed by atoms with Crippen molar-refractivity contribution in [1.29, 1.82) is 0 Å². The Kier molecular flexibility index (Phi) is 5.85. The summed E-state index contributed by atoms with van der Waals surface area (Å²) in [6, 6.07) is 6.33. The number of nitro benzene ring substituents is 1. The fourth-order valence-electron chi connectivity index (χ4n) is 2.39. The van der Waals surface area contributed by atoms with E-state index in [1.54, 1.807) is 12.1 Å². The molecule has 1 amide bonds. The number of carbonyl (C=O) groups is 1. The first-order valence-corrected chi connectivity index (χ1v) is 7.38. The number of nitrogens with one attached hydrogen (secondary N) is 1. The highest BCUT2D eigenvalue weighted by molar-refractivity contribution is 5.78. The van der Waals surface area contributed by atoms with Gasteiger partial charge >= 0.3 is 0 Å². The van der Waals surface area contributed by atoms with Crippen molar-refractivity contribution >= 4 is 11.6 Å². The number of nitrogens with zero attached hydrogens (tertiary/aromatic N) is 2. The fraction of sp³-hybridized carbons (Fsp3) is 0.533. The predicted octanol–water partition coefficient (Wildman–Crippen LogP) is 0.974. The first kappa shape index (κ1) is 16.4. The van der Waals surface area contributed by atoms with Crippen LogP contribution in [0.4, 0.5) is 5.69 Å². The van der Waals surface area contributed by atoms with Gasteiger partial charge in [0.25, 0.3) is 5.69 Å². The van der Waals surface area contributed by atoms with Crippen molar-refractivity contribution in [3.8, 4) is 0 Å². The lowest BCUT2D eigenvalue weighted by Gasteiger charge is -2.32. The Morgan fingerprint density at radius 2 is 2.00 bits per heavy atom. The van der Waals surface area contributed by atoms with Crippen LogP contribution < -0.4 is 5.32 Å². The second kappa shape index (κ2) is 7.86. The molecule has 0 bridgehead atoms. The van der Waals surface area contributed by atoms with Crippen LogP contribution in [-0.2, 0) is 16.0 Å². The highest BCUT2D eigenvalue weighted by atomic mass is 16.6. The van der Waals surface area contributed by atoms with Gasteiger partial charge in [0.15, 0.2) is 0 Å². The molecule has 0 spiro atoms. The molecular weight excluding hydrogens is 286 g/mol. The number of ether oxygens (including phenoxy) is 1. The van der Waals surface area contributed by atoms with Gasteiger partial charge in [0.05, 0.1) is 24.6 Å². The van der Waals surface area contributed by atoms with Crippen LogP contribution >= 0.6 is 0 Å². The Labute approximate surface area is 129 Å². The van der Waals surface area contributed by atoms with Gasteiger partial charge in [-0.3, -0.25) is 19.8 Å². The van der Waals surface area contributed by atoms with Gasteiger partial charge in [-0.2, -0.15) is 0 Å². The summed E-state index contributed by atoms with van der Waals surface area (Å²) >= 11 is 0. The molecule has 0 unspecified atom stereocenters. The van der Waals surface area contributed by atoms with Gasteiger partial charge < -0.3 is 10.1 Å². The SMILES string of the molecule is C[C@H](CNC(=O)Cc1ccc([N+](=O)[O-])cc1)N1CCOCC1. The number of amides is 1. The molecule has 1 atom stereocenters.